The average Bonchev–Trinajstić information content (AvgIpc) is 2.39. The first kappa shape index (κ1) is 15.0. The second-order valence-electron chi connectivity index (χ2n) is 4.69. The van der Waals surface area contributed by atoms with E-state index in [-0.39, 0.29) is 5.75 Å². The molecule has 0 aliphatic heterocycles. The molecule has 21 heavy (non-hydrogen) atoms. The van der Waals surface area contributed by atoms with E-state index in [0.29, 0.717) is 11.1 Å². The van der Waals surface area contributed by atoms with Gasteiger partial charge < -0.3 is 4.74 Å². The van der Waals surface area contributed by atoms with E-state index in [4.69, 9.17) is 6.42 Å². The van der Waals surface area contributed by atoms with E-state index in [0.717, 1.165) is 16.7 Å². The van der Waals surface area contributed by atoms with Crippen LogP contribution in [0.15, 0.2) is 36.4 Å². The first-order valence-corrected chi connectivity index (χ1v) is 6.24. The summed E-state index contributed by atoms with van der Waals surface area (Å²) >= 11 is 0. The maximum atomic E-state index is 12.4. The Balaban J connectivity index is 2.56. The van der Waals surface area contributed by atoms with Gasteiger partial charge in [-0.25, -0.2) is 0 Å². The first-order chi connectivity index (χ1) is 9.80. The molecular formula is C17H13F3O. The van der Waals surface area contributed by atoms with Crippen molar-refractivity contribution in [2.45, 2.75) is 20.2 Å². The summed E-state index contributed by atoms with van der Waals surface area (Å²) in [5.74, 6) is 2.04. The molecule has 0 radical (unpaired) electrons. The molecule has 0 saturated heterocycles. The smallest absolute Gasteiger partial charge is 0.406 e. The number of terminal acetylenes is 1. The van der Waals surface area contributed by atoms with Gasteiger partial charge in [0.15, 0.2) is 0 Å². The Labute approximate surface area is 121 Å². The van der Waals surface area contributed by atoms with Crippen LogP contribution in [0, 0.1) is 26.2 Å². The second kappa shape index (κ2) is 5.53. The van der Waals surface area contributed by atoms with Gasteiger partial charge in [0.25, 0.3) is 0 Å². The number of rotatable bonds is 2. The zero-order chi connectivity index (χ0) is 15.6. The van der Waals surface area contributed by atoms with Crippen LogP contribution >= 0.6 is 0 Å². The molecule has 4 heteroatoms. The van der Waals surface area contributed by atoms with Crippen molar-refractivity contribution in [3.63, 3.8) is 0 Å². The Kier molecular flexibility index (Phi) is 3.95. The number of halogens is 3. The van der Waals surface area contributed by atoms with Gasteiger partial charge >= 0.3 is 6.36 Å². The summed E-state index contributed by atoms with van der Waals surface area (Å²) in [6, 6.07) is 9.85. The summed E-state index contributed by atoms with van der Waals surface area (Å²) in [4.78, 5) is 0. The van der Waals surface area contributed by atoms with E-state index < -0.39 is 6.36 Å². The predicted molar refractivity (Wildman–Crippen MR) is 76.0 cm³/mol. The van der Waals surface area contributed by atoms with Gasteiger partial charge in [0.05, 0.1) is 0 Å². The van der Waals surface area contributed by atoms with E-state index in [9.17, 15) is 13.2 Å². The minimum Gasteiger partial charge on any atom is -0.406 e. The lowest BCUT2D eigenvalue weighted by Crippen LogP contribution is -2.17. The van der Waals surface area contributed by atoms with Gasteiger partial charge in [0.1, 0.15) is 5.75 Å². The normalized spacial score (nSPS) is 11.0. The van der Waals surface area contributed by atoms with Crippen LogP contribution in [0.25, 0.3) is 11.1 Å². The fourth-order valence-electron chi connectivity index (χ4n) is 2.09. The Bertz CT molecular complexity index is 709. The molecule has 0 atom stereocenters. The van der Waals surface area contributed by atoms with E-state index in [1.54, 1.807) is 6.07 Å². The van der Waals surface area contributed by atoms with Crippen LogP contribution in [0.1, 0.15) is 16.7 Å². The maximum Gasteiger partial charge on any atom is 0.573 e. The van der Waals surface area contributed by atoms with Crippen LogP contribution in [0.3, 0.4) is 0 Å². The fraction of sp³-hybridized carbons (Fsp3) is 0.176. The molecule has 0 aliphatic rings. The molecule has 0 N–H and O–H groups in total. The molecule has 0 aliphatic carbocycles. The van der Waals surface area contributed by atoms with E-state index in [1.165, 1.54) is 12.1 Å². The zero-order valence-electron chi connectivity index (χ0n) is 11.6. The standard InChI is InChI=1S/C17H13F3O/c1-4-13-8-14(10-15(9-13)21-17(18,19)20)16-7-5-6-11(2)12(16)3/h1,5-10H,2-3H3. The Morgan fingerprint density at radius 3 is 2.43 bits per heavy atom. The molecule has 0 amide bonds. The molecule has 1 nitrogen and oxygen atoms in total. The highest BCUT2D eigenvalue weighted by Crippen LogP contribution is 2.32. The Morgan fingerprint density at radius 2 is 1.81 bits per heavy atom. The van der Waals surface area contributed by atoms with E-state index >= 15 is 0 Å². The van der Waals surface area contributed by atoms with E-state index in [1.807, 2.05) is 32.0 Å². The van der Waals surface area contributed by atoms with Gasteiger partial charge in [-0.1, -0.05) is 24.1 Å². The van der Waals surface area contributed by atoms with Crippen molar-refractivity contribution in [1.29, 1.82) is 0 Å². The van der Waals surface area contributed by atoms with E-state index in [2.05, 4.69) is 10.7 Å². The van der Waals surface area contributed by atoms with Crippen molar-refractivity contribution in [3.8, 4) is 29.2 Å². The second-order valence-corrected chi connectivity index (χ2v) is 4.69. The van der Waals surface area contributed by atoms with Gasteiger partial charge in [-0.05, 0) is 54.3 Å². The largest absolute Gasteiger partial charge is 0.573 e. The monoisotopic (exact) mass is 290 g/mol. The SMILES string of the molecule is C#Cc1cc(OC(F)(F)F)cc(-c2cccc(C)c2C)c1. The van der Waals surface area contributed by atoms with Crippen molar-refractivity contribution in [2.75, 3.05) is 0 Å². The highest BCUT2D eigenvalue weighted by atomic mass is 19.4. The maximum absolute atomic E-state index is 12.4. The summed E-state index contributed by atoms with van der Waals surface area (Å²) in [6.45, 7) is 3.86. The molecule has 0 heterocycles. The summed E-state index contributed by atoms with van der Waals surface area (Å²) in [6.07, 6.45) is 0.567. The highest BCUT2D eigenvalue weighted by molar-refractivity contribution is 5.71. The topological polar surface area (TPSA) is 9.23 Å². The lowest BCUT2D eigenvalue weighted by atomic mass is 9.96. The van der Waals surface area contributed by atoms with Crippen LogP contribution in [0.2, 0.25) is 0 Å². The number of aryl methyl sites for hydroxylation is 1. The number of ether oxygens (including phenoxy) is 1. The lowest BCUT2D eigenvalue weighted by molar-refractivity contribution is -0.274. The quantitative estimate of drug-likeness (QED) is 0.718. The number of benzene rings is 2. The third-order valence-corrected chi connectivity index (χ3v) is 3.22. The minimum atomic E-state index is -4.74. The molecule has 0 aromatic heterocycles. The molecule has 2 rings (SSSR count). The Hall–Kier alpha value is -2.41. The molecular weight excluding hydrogens is 277 g/mol. The van der Waals surface area contributed by atoms with Crippen molar-refractivity contribution < 1.29 is 17.9 Å². The zero-order valence-corrected chi connectivity index (χ0v) is 11.6. The lowest BCUT2D eigenvalue weighted by Gasteiger charge is -2.13. The molecule has 0 spiro atoms. The number of hydrogen-bond donors (Lipinski definition) is 0. The van der Waals surface area contributed by atoms with Gasteiger partial charge in [-0.2, -0.15) is 0 Å². The molecule has 2 aromatic rings. The van der Waals surface area contributed by atoms with Crippen LogP contribution in [0.5, 0.6) is 5.75 Å². The van der Waals surface area contributed by atoms with Gasteiger partial charge in [0, 0.05) is 5.56 Å². The number of hydrogen-bond acceptors (Lipinski definition) is 1. The average molecular weight is 290 g/mol. The fourth-order valence-corrected chi connectivity index (χ4v) is 2.09. The van der Waals surface area contributed by atoms with Crippen LogP contribution in [-0.4, -0.2) is 6.36 Å². The molecule has 2 aromatic carbocycles. The molecule has 0 unspecified atom stereocenters. The third kappa shape index (κ3) is 3.57. The third-order valence-electron chi connectivity index (χ3n) is 3.22. The summed E-state index contributed by atoms with van der Waals surface area (Å²) in [7, 11) is 0. The van der Waals surface area contributed by atoms with Crippen molar-refractivity contribution in [1.82, 2.24) is 0 Å². The van der Waals surface area contributed by atoms with Crippen LogP contribution < -0.4 is 4.74 Å². The van der Waals surface area contributed by atoms with Gasteiger partial charge in [-0.15, -0.1) is 19.6 Å². The molecule has 108 valence electrons. The van der Waals surface area contributed by atoms with Crippen molar-refractivity contribution >= 4 is 0 Å². The van der Waals surface area contributed by atoms with Crippen LogP contribution in [0.4, 0.5) is 13.2 Å². The molecule has 0 fully saturated rings. The minimum absolute atomic E-state index is 0.311. The summed E-state index contributed by atoms with van der Waals surface area (Å²) < 4.78 is 41.1. The number of alkyl halides is 3. The highest BCUT2D eigenvalue weighted by Gasteiger charge is 2.31. The van der Waals surface area contributed by atoms with Crippen molar-refractivity contribution in [2.24, 2.45) is 0 Å². The van der Waals surface area contributed by atoms with Crippen molar-refractivity contribution in [3.05, 3.63) is 53.1 Å². The van der Waals surface area contributed by atoms with Gasteiger partial charge in [-0.3, -0.25) is 0 Å². The summed E-state index contributed by atoms with van der Waals surface area (Å²) in [5, 5.41) is 0. The molecule has 0 bridgehead atoms. The predicted octanol–water partition coefficient (Wildman–Crippen LogP) is 4.85. The first-order valence-electron chi connectivity index (χ1n) is 6.24. The van der Waals surface area contributed by atoms with Crippen LogP contribution in [-0.2, 0) is 0 Å². The summed E-state index contributed by atoms with van der Waals surface area (Å²) in [5.41, 5.74) is 3.82. The van der Waals surface area contributed by atoms with Gasteiger partial charge in [0.2, 0.25) is 0 Å². The molecule has 0 saturated carbocycles. The Morgan fingerprint density at radius 1 is 1.10 bits per heavy atom.